The number of benzene rings is 2. The summed E-state index contributed by atoms with van der Waals surface area (Å²) < 4.78 is 6.69. The quantitative estimate of drug-likeness (QED) is 0.638. The molecule has 1 aliphatic heterocycles. The molecule has 3 aromatic rings. The number of rotatable bonds is 6. The molecule has 1 amide bonds. The zero-order valence-corrected chi connectivity index (χ0v) is 17.5. The lowest BCUT2D eigenvalue weighted by molar-refractivity contribution is -0.917. The number of piperazine rings is 1. The van der Waals surface area contributed by atoms with Crippen LogP contribution in [0, 0.1) is 0 Å². The van der Waals surface area contributed by atoms with Crippen molar-refractivity contribution in [3.05, 3.63) is 65.2 Å². The molecule has 0 radical (unpaired) electrons. The van der Waals surface area contributed by atoms with Crippen LogP contribution in [-0.2, 0) is 11.3 Å². The molecule has 5 nitrogen and oxygen atoms in total. The molecule has 0 aliphatic carbocycles. The van der Waals surface area contributed by atoms with E-state index in [1.54, 1.807) is 17.4 Å². The first-order valence-corrected chi connectivity index (χ1v) is 10.9. The Hall–Kier alpha value is -2.70. The van der Waals surface area contributed by atoms with Gasteiger partial charge in [0, 0.05) is 6.08 Å². The van der Waals surface area contributed by atoms with Crippen LogP contribution in [0.2, 0.25) is 0 Å². The number of para-hydroxylation sites is 1. The van der Waals surface area contributed by atoms with Crippen molar-refractivity contribution in [2.45, 2.75) is 13.5 Å². The van der Waals surface area contributed by atoms with Gasteiger partial charge in [0.2, 0.25) is 5.91 Å². The first kappa shape index (κ1) is 19.6. The third-order valence-electron chi connectivity index (χ3n) is 5.13. The molecule has 6 heteroatoms. The molecular formula is C23H26N3O2S+. The number of thiazole rings is 1. The summed E-state index contributed by atoms with van der Waals surface area (Å²) in [7, 11) is 0. The van der Waals surface area contributed by atoms with E-state index in [-0.39, 0.29) is 5.91 Å². The molecule has 0 unspecified atom stereocenters. The molecule has 29 heavy (non-hydrogen) atoms. The van der Waals surface area contributed by atoms with Gasteiger partial charge in [0.05, 0.1) is 43.0 Å². The van der Waals surface area contributed by atoms with Crippen LogP contribution in [0.25, 0.3) is 16.3 Å². The fourth-order valence-corrected chi connectivity index (χ4v) is 4.58. The summed E-state index contributed by atoms with van der Waals surface area (Å²) in [5, 5.41) is 1.18. The number of carbonyl (C=O) groups is 1. The number of nitrogens with one attached hydrogen (secondary N) is 1. The fourth-order valence-electron chi connectivity index (χ4n) is 3.54. The molecule has 1 aliphatic rings. The molecule has 2 aromatic carbocycles. The number of fused-ring (bicyclic) bond motifs is 1. The van der Waals surface area contributed by atoms with Crippen LogP contribution in [0.4, 0.5) is 0 Å². The number of hydrogen-bond acceptors (Lipinski definition) is 4. The molecule has 1 aromatic heterocycles. The number of amides is 1. The Morgan fingerprint density at radius 3 is 2.66 bits per heavy atom. The maximum Gasteiger partial charge on any atom is 0.246 e. The van der Waals surface area contributed by atoms with E-state index in [9.17, 15) is 4.79 Å². The van der Waals surface area contributed by atoms with Crippen molar-refractivity contribution in [2.75, 3.05) is 32.8 Å². The van der Waals surface area contributed by atoms with Gasteiger partial charge in [0.1, 0.15) is 17.3 Å². The summed E-state index contributed by atoms with van der Waals surface area (Å²) in [6.07, 6.45) is 3.55. The van der Waals surface area contributed by atoms with Crippen molar-refractivity contribution in [1.29, 1.82) is 0 Å². The highest BCUT2D eigenvalue weighted by molar-refractivity contribution is 7.18. The van der Waals surface area contributed by atoms with Gasteiger partial charge < -0.3 is 14.5 Å². The van der Waals surface area contributed by atoms with Gasteiger partial charge in [-0.2, -0.15) is 0 Å². The van der Waals surface area contributed by atoms with Gasteiger partial charge in [-0.25, -0.2) is 4.98 Å². The van der Waals surface area contributed by atoms with Crippen molar-refractivity contribution in [3.63, 3.8) is 0 Å². The summed E-state index contributed by atoms with van der Waals surface area (Å²) in [5.74, 6) is 0.932. The molecule has 150 valence electrons. The first-order chi connectivity index (χ1) is 14.2. The normalized spacial score (nSPS) is 15.3. The third kappa shape index (κ3) is 5.02. The second kappa shape index (κ2) is 9.20. The van der Waals surface area contributed by atoms with Gasteiger partial charge in [-0.1, -0.05) is 24.3 Å². The van der Waals surface area contributed by atoms with E-state index in [4.69, 9.17) is 9.72 Å². The van der Waals surface area contributed by atoms with Gasteiger partial charge in [-0.15, -0.1) is 11.3 Å². The minimum absolute atomic E-state index is 0.0814. The molecular weight excluding hydrogens is 382 g/mol. The second-order valence-corrected chi connectivity index (χ2v) is 8.28. The Morgan fingerprint density at radius 2 is 1.93 bits per heavy atom. The van der Waals surface area contributed by atoms with Crippen LogP contribution < -0.4 is 9.64 Å². The van der Waals surface area contributed by atoms with Crippen LogP contribution in [-0.4, -0.2) is 48.6 Å². The summed E-state index contributed by atoms with van der Waals surface area (Å²) in [6.45, 7) is 7.04. The summed E-state index contributed by atoms with van der Waals surface area (Å²) in [4.78, 5) is 20.7. The Morgan fingerprint density at radius 1 is 1.17 bits per heavy atom. The predicted octanol–water partition coefficient (Wildman–Crippen LogP) is 2.64. The minimum Gasteiger partial charge on any atom is -0.494 e. The van der Waals surface area contributed by atoms with Gasteiger partial charge in [0.25, 0.3) is 0 Å². The Bertz CT molecular complexity index is 956. The third-order valence-corrected chi connectivity index (χ3v) is 6.17. The van der Waals surface area contributed by atoms with Crippen LogP contribution in [0.15, 0.2) is 54.6 Å². The van der Waals surface area contributed by atoms with Crippen LogP contribution in [0.5, 0.6) is 5.75 Å². The smallest absolute Gasteiger partial charge is 0.246 e. The largest absolute Gasteiger partial charge is 0.494 e. The van der Waals surface area contributed by atoms with E-state index in [2.05, 4.69) is 18.2 Å². The Kier molecular flexibility index (Phi) is 6.22. The topological polar surface area (TPSA) is 46.9 Å². The van der Waals surface area contributed by atoms with Crippen LogP contribution in [0.3, 0.4) is 0 Å². The van der Waals surface area contributed by atoms with E-state index >= 15 is 0 Å². The van der Waals surface area contributed by atoms with Crippen molar-refractivity contribution in [1.82, 2.24) is 9.88 Å². The first-order valence-electron chi connectivity index (χ1n) is 10.1. The summed E-state index contributed by atoms with van der Waals surface area (Å²) in [5.41, 5.74) is 2.09. The zero-order valence-electron chi connectivity index (χ0n) is 16.6. The number of hydrogen-bond donors (Lipinski definition) is 1. The molecule has 0 saturated carbocycles. The number of carbonyl (C=O) groups excluding carboxylic acids is 1. The molecule has 0 spiro atoms. The summed E-state index contributed by atoms with van der Waals surface area (Å²) >= 11 is 1.78. The molecule has 0 bridgehead atoms. The van der Waals surface area contributed by atoms with Gasteiger partial charge >= 0.3 is 0 Å². The molecule has 1 fully saturated rings. The number of ether oxygens (including phenoxy) is 1. The lowest BCUT2D eigenvalue weighted by Crippen LogP contribution is -3.13. The van der Waals surface area contributed by atoms with Crippen molar-refractivity contribution < 1.29 is 14.4 Å². The lowest BCUT2D eigenvalue weighted by atomic mass is 10.2. The number of quaternary nitrogens is 1. The number of aromatic nitrogens is 1. The minimum atomic E-state index is 0.0814. The monoisotopic (exact) mass is 408 g/mol. The van der Waals surface area contributed by atoms with Crippen molar-refractivity contribution in [3.8, 4) is 5.75 Å². The van der Waals surface area contributed by atoms with Crippen molar-refractivity contribution in [2.24, 2.45) is 0 Å². The van der Waals surface area contributed by atoms with E-state index in [0.717, 1.165) is 49.6 Å². The fraction of sp³-hybridized carbons (Fsp3) is 0.304. The highest BCUT2D eigenvalue weighted by Gasteiger charge is 2.23. The Labute approximate surface area is 175 Å². The van der Waals surface area contributed by atoms with Gasteiger partial charge in [-0.3, -0.25) is 4.79 Å². The molecule has 1 N–H and O–H groups in total. The predicted molar refractivity (Wildman–Crippen MR) is 117 cm³/mol. The summed E-state index contributed by atoms with van der Waals surface area (Å²) in [6, 6.07) is 16.1. The lowest BCUT2D eigenvalue weighted by Gasteiger charge is -2.31. The highest BCUT2D eigenvalue weighted by Crippen LogP contribution is 2.20. The molecule has 1 saturated heterocycles. The van der Waals surface area contributed by atoms with E-state index in [1.807, 2.05) is 48.2 Å². The Balaban J connectivity index is 1.27. The van der Waals surface area contributed by atoms with Gasteiger partial charge in [-0.05, 0) is 42.8 Å². The van der Waals surface area contributed by atoms with Crippen LogP contribution in [0.1, 0.15) is 17.5 Å². The molecule has 2 heterocycles. The molecule has 4 rings (SSSR count). The van der Waals surface area contributed by atoms with E-state index < -0.39 is 0 Å². The van der Waals surface area contributed by atoms with Crippen LogP contribution >= 0.6 is 11.3 Å². The average Bonchev–Trinajstić information content (AvgIpc) is 3.16. The average molecular weight is 409 g/mol. The SMILES string of the molecule is CCOc1ccc(/C=C/C(=O)N2CC[NH+](Cc3nc4ccccc4s3)CC2)cc1. The van der Waals surface area contributed by atoms with Gasteiger partial charge in [0.15, 0.2) is 0 Å². The standard InChI is InChI=1S/C23H25N3O2S/c1-2-28-19-10-7-18(8-11-19)9-12-23(27)26-15-13-25(14-16-26)17-22-24-20-5-3-4-6-21(20)29-22/h3-12H,2,13-17H2,1H3/p+1/b12-9+. The highest BCUT2D eigenvalue weighted by atomic mass is 32.1. The molecule has 0 atom stereocenters. The van der Waals surface area contributed by atoms with E-state index in [0.29, 0.717) is 6.61 Å². The van der Waals surface area contributed by atoms with E-state index in [1.165, 1.54) is 14.6 Å². The maximum atomic E-state index is 12.5. The second-order valence-electron chi connectivity index (χ2n) is 7.16. The zero-order chi connectivity index (χ0) is 20.1. The maximum absolute atomic E-state index is 12.5. The number of nitrogens with zero attached hydrogens (tertiary/aromatic N) is 2. The van der Waals surface area contributed by atoms with Crippen molar-refractivity contribution >= 4 is 33.5 Å².